The molecule has 7 nitrogen and oxygen atoms in total. The molecular weight excluding hydrogens is 525 g/mol. The van der Waals surface area contributed by atoms with Gasteiger partial charge in [-0.05, 0) is 49.5 Å². The normalized spacial score (nSPS) is 15.1. The summed E-state index contributed by atoms with van der Waals surface area (Å²) in [4.78, 5) is 19.5. The molecule has 0 radical (unpaired) electrons. The predicted octanol–water partition coefficient (Wildman–Crippen LogP) is 3.71. The second-order valence-electron chi connectivity index (χ2n) is 7.21. The van der Waals surface area contributed by atoms with Gasteiger partial charge in [0.2, 0.25) is 5.91 Å². The van der Waals surface area contributed by atoms with E-state index in [-0.39, 0.29) is 29.9 Å². The van der Waals surface area contributed by atoms with Gasteiger partial charge in [0.1, 0.15) is 12.4 Å². The first-order chi connectivity index (χ1) is 14.7. The zero-order valence-corrected chi connectivity index (χ0v) is 21.2. The van der Waals surface area contributed by atoms with Gasteiger partial charge in [-0.3, -0.25) is 14.7 Å². The Morgan fingerprint density at radius 2 is 2.03 bits per heavy atom. The summed E-state index contributed by atoms with van der Waals surface area (Å²) in [6.45, 7) is 5.73. The molecule has 1 amide bonds. The third-order valence-electron chi connectivity index (χ3n) is 4.96. The van der Waals surface area contributed by atoms with E-state index in [2.05, 4.69) is 43.4 Å². The van der Waals surface area contributed by atoms with Crippen molar-refractivity contribution in [3.8, 4) is 5.75 Å². The minimum atomic E-state index is -0.0986. The molecule has 1 saturated heterocycles. The molecule has 1 fully saturated rings. The molecule has 2 aromatic rings. The Bertz CT molecular complexity index is 825. The van der Waals surface area contributed by atoms with Crippen molar-refractivity contribution in [3.63, 3.8) is 0 Å². The summed E-state index contributed by atoms with van der Waals surface area (Å²) in [5.41, 5.74) is 0.729. The molecule has 1 aliphatic heterocycles. The fourth-order valence-electron chi connectivity index (χ4n) is 3.56. The molecule has 0 bridgehead atoms. The lowest BCUT2D eigenvalue weighted by atomic mass is 10.2. The molecule has 1 atom stereocenters. The lowest BCUT2D eigenvalue weighted by Crippen LogP contribution is -2.43. The van der Waals surface area contributed by atoms with Crippen LogP contribution >= 0.6 is 35.3 Å². The Labute approximate surface area is 205 Å². The van der Waals surface area contributed by atoms with Gasteiger partial charge in [0.15, 0.2) is 5.96 Å². The summed E-state index contributed by atoms with van der Waals surface area (Å²) in [5.74, 6) is 1.39. The van der Waals surface area contributed by atoms with E-state index in [1.807, 2.05) is 35.6 Å². The molecule has 31 heavy (non-hydrogen) atoms. The Morgan fingerprint density at radius 3 is 2.71 bits per heavy atom. The number of hydrogen-bond donors (Lipinski definition) is 3. The maximum atomic E-state index is 11.2. The molecule has 2 heterocycles. The number of thiophene rings is 1. The van der Waals surface area contributed by atoms with E-state index in [0.29, 0.717) is 19.2 Å². The highest BCUT2D eigenvalue weighted by atomic mass is 127. The number of anilines is 1. The molecule has 0 spiro atoms. The fraction of sp³-hybridized carbons (Fsp3) is 0.455. The number of rotatable bonds is 9. The predicted molar refractivity (Wildman–Crippen MR) is 139 cm³/mol. The first kappa shape index (κ1) is 25.4. The van der Waals surface area contributed by atoms with Gasteiger partial charge in [-0.25, -0.2) is 0 Å². The summed E-state index contributed by atoms with van der Waals surface area (Å²) >= 11 is 1.81. The van der Waals surface area contributed by atoms with Crippen LogP contribution < -0.4 is 20.7 Å². The highest BCUT2D eigenvalue weighted by Crippen LogP contribution is 2.27. The number of ether oxygens (including phenoxy) is 1. The number of nitrogens with one attached hydrogen (secondary N) is 3. The van der Waals surface area contributed by atoms with Crippen LogP contribution in [0.1, 0.15) is 30.7 Å². The lowest BCUT2D eigenvalue weighted by molar-refractivity contribution is -0.114. The molecule has 3 N–H and O–H groups in total. The van der Waals surface area contributed by atoms with Gasteiger partial charge < -0.3 is 20.7 Å². The summed E-state index contributed by atoms with van der Waals surface area (Å²) in [6.07, 6.45) is 2.55. The van der Waals surface area contributed by atoms with Gasteiger partial charge in [0.05, 0.1) is 12.6 Å². The zero-order chi connectivity index (χ0) is 21.2. The minimum absolute atomic E-state index is 0. The molecule has 1 unspecified atom stereocenters. The number of guanidine groups is 1. The average Bonchev–Trinajstić information content (AvgIpc) is 3.44. The van der Waals surface area contributed by atoms with Crippen LogP contribution in [0.25, 0.3) is 0 Å². The summed E-state index contributed by atoms with van der Waals surface area (Å²) in [5, 5.41) is 11.7. The number of aliphatic imine (C=N–C) groups is 1. The fourth-order valence-corrected chi connectivity index (χ4v) is 4.42. The van der Waals surface area contributed by atoms with Gasteiger partial charge in [-0.15, -0.1) is 35.3 Å². The monoisotopic (exact) mass is 557 g/mol. The third-order valence-corrected chi connectivity index (χ3v) is 5.93. The van der Waals surface area contributed by atoms with E-state index < -0.39 is 0 Å². The number of benzene rings is 1. The molecular formula is C22H32IN5O2S. The maximum absolute atomic E-state index is 11.2. The van der Waals surface area contributed by atoms with Crippen LogP contribution in [0.4, 0.5) is 5.69 Å². The van der Waals surface area contributed by atoms with Crippen LogP contribution in [0.3, 0.4) is 0 Å². The number of likely N-dealkylation sites (tertiary alicyclic amines) is 1. The van der Waals surface area contributed by atoms with Crippen molar-refractivity contribution >= 4 is 52.9 Å². The number of amides is 1. The smallest absolute Gasteiger partial charge is 0.221 e. The van der Waals surface area contributed by atoms with Gasteiger partial charge >= 0.3 is 0 Å². The largest absolute Gasteiger partial charge is 0.492 e. The van der Waals surface area contributed by atoms with Crippen LogP contribution in [-0.4, -0.2) is 56.6 Å². The second-order valence-corrected chi connectivity index (χ2v) is 8.19. The Balaban J connectivity index is 0.00000341. The van der Waals surface area contributed by atoms with Gasteiger partial charge in [-0.1, -0.05) is 12.1 Å². The molecule has 170 valence electrons. The summed E-state index contributed by atoms with van der Waals surface area (Å²) in [7, 11) is 1.78. The van der Waals surface area contributed by atoms with Crippen LogP contribution in [0.2, 0.25) is 0 Å². The van der Waals surface area contributed by atoms with Crippen molar-refractivity contribution in [1.29, 1.82) is 0 Å². The number of carbonyl (C=O) groups is 1. The van der Waals surface area contributed by atoms with Crippen molar-refractivity contribution in [2.24, 2.45) is 4.99 Å². The standard InChI is InChI=1S/C22H31N5O2S.HI/c1-17(28)26-18-7-5-8-19(15-18)29-13-10-24-22(23-2)25-16-20(21-9-6-14-30-21)27-11-3-4-12-27;/h5-9,14-15,20H,3-4,10-13,16H2,1-2H3,(H,26,28)(H2,23,24,25);1H. The molecule has 9 heteroatoms. The van der Waals surface area contributed by atoms with Crippen molar-refractivity contribution < 1.29 is 9.53 Å². The van der Waals surface area contributed by atoms with E-state index in [0.717, 1.165) is 37.0 Å². The van der Waals surface area contributed by atoms with Gasteiger partial charge in [0.25, 0.3) is 0 Å². The lowest BCUT2D eigenvalue weighted by Gasteiger charge is -2.27. The van der Waals surface area contributed by atoms with Crippen molar-refractivity contribution in [3.05, 3.63) is 46.7 Å². The van der Waals surface area contributed by atoms with E-state index in [4.69, 9.17) is 4.74 Å². The van der Waals surface area contributed by atoms with E-state index in [1.165, 1.54) is 24.6 Å². The molecule has 1 aromatic heterocycles. The first-order valence-corrected chi connectivity index (χ1v) is 11.3. The van der Waals surface area contributed by atoms with Crippen molar-refractivity contribution in [2.45, 2.75) is 25.8 Å². The van der Waals surface area contributed by atoms with Crippen LogP contribution in [0.5, 0.6) is 5.75 Å². The number of halogens is 1. The van der Waals surface area contributed by atoms with Gasteiger partial charge in [0, 0.05) is 37.1 Å². The number of hydrogen-bond acceptors (Lipinski definition) is 5. The van der Waals surface area contributed by atoms with Crippen LogP contribution in [0, 0.1) is 0 Å². The van der Waals surface area contributed by atoms with Crippen molar-refractivity contribution in [2.75, 3.05) is 45.2 Å². The highest BCUT2D eigenvalue weighted by Gasteiger charge is 2.24. The van der Waals surface area contributed by atoms with E-state index in [9.17, 15) is 4.79 Å². The number of carbonyl (C=O) groups excluding carboxylic acids is 1. The maximum Gasteiger partial charge on any atom is 0.221 e. The Kier molecular flexibility index (Phi) is 11.1. The topological polar surface area (TPSA) is 78.0 Å². The Hall–Kier alpha value is -1.85. The average molecular weight is 558 g/mol. The third kappa shape index (κ3) is 8.30. The van der Waals surface area contributed by atoms with Crippen molar-refractivity contribution in [1.82, 2.24) is 15.5 Å². The Morgan fingerprint density at radius 1 is 1.23 bits per heavy atom. The summed E-state index contributed by atoms with van der Waals surface area (Å²) in [6, 6.07) is 12.1. The molecule has 1 aromatic carbocycles. The van der Waals surface area contributed by atoms with E-state index >= 15 is 0 Å². The van der Waals surface area contributed by atoms with Gasteiger partial charge in [-0.2, -0.15) is 0 Å². The quantitative estimate of drug-likeness (QED) is 0.190. The number of nitrogens with zero attached hydrogens (tertiary/aromatic N) is 2. The molecule has 0 saturated carbocycles. The zero-order valence-electron chi connectivity index (χ0n) is 18.1. The van der Waals surface area contributed by atoms with Crippen LogP contribution in [0.15, 0.2) is 46.8 Å². The molecule has 3 rings (SSSR count). The first-order valence-electron chi connectivity index (χ1n) is 10.4. The van der Waals surface area contributed by atoms with E-state index in [1.54, 1.807) is 7.05 Å². The summed E-state index contributed by atoms with van der Waals surface area (Å²) < 4.78 is 5.79. The second kappa shape index (κ2) is 13.5. The SMILES string of the molecule is CN=C(NCCOc1cccc(NC(C)=O)c1)NCC(c1cccs1)N1CCCC1.I. The molecule has 0 aliphatic carbocycles. The van der Waals surface area contributed by atoms with Crippen LogP contribution in [-0.2, 0) is 4.79 Å². The molecule has 1 aliphatic rings. The minimum Gasteiger partial charge on any atom is -0.492 e. The highest BCUT2D eigenvalue weighted by molar-refractivity contribution is 14.0.